The third-order valence-electron chi connectivity index (χ3n) is 2.41. The smallest absolute Gasteiger partial charge is 0.260 e. The highest BCUT2D eigenvalue weighted by atomic mass is 16.5. The quantitative estimate of drug-likeness (QED) is 0.843. The fourth-order valence-electron chi connectivity index (χ4n) is 1.38. The molecule has 0 fully saturated rings. The minimum atomic E-state index is -0.518. The molecule has 18 heavy (non-hydrogen) atoms. The summed E-state index contributed by atoms with van der Waals surface area (Å²) in [7, 11) is 1.60. The molecule has 0 aliphatic rings. The molecule has 1 aromatic rings. The van der Waals surface area contributed by atoms with Crippen molar-refractivity contribution in [3.8, 4) is 11.5 Å². The van der Waals surface area contributed by atoms with Gasteiger partial charge in [0.05, 0.1) is 7.11 Å². The summed E-state index contributed by atoms with van der Waals surface area (Å²) < 4.78 is 10.7. The van der Waals surface area contributed by atoms with Crippen LogP contribution < -0.4 is 14.8 Å². The van der Waals surface area contributed by atoms with Gasteiger partial charge in [0, 0.05) is 12.6 Å². The lowest BCUT2D eigenvalue weighted by atomic mass is 10.2. The van der Waals surface area contributed by atoms with Crippen LogP contribution in [0.5, 0.6) is 11.5 Å². The van der Waals surface area contributed by atoms with E-state index in [0.717, 1.165) is 0 Å². The second-order valence-corrected chi connectivity index (χ2v) is 4.58. The van der Waals surface area contributed by atoms with E-state index < -0.39 is 6.10 Å². The van der Waals surface area contributed by atoms with Crippen LogP contribution in [0.4, 0.5) is 0 Å². The third-order valence-corrected chi connectivity index (χ3v) is 2.41. The predicted molar refractivity (Wildman–Crippen MR) is 70.9 cm³/mol. The third kappa shape index (κ3) is 4.65. The molecule has 1 N–H and O–H groups in total. The van der Waals surface area contributed by atoms with Crippen molar-refractivity contribution in [1.82, 2.24) is 5.32 Å². The number of carbonyl (C=O) groups excluding carboxylic acids is 1. The number of nitrogens with one attached hydrogen (secondary N) is 1. The molecule has 100 valence electrons. The summed E-state index contributed by atoms with van der Waals surface area (Å²) in [6, 6.07) is 7.21. The number of ether oxygens (including phenoxy) is 2. The second-order valence-electron chi connectivity index (χ2n) is 4.58. The zero-order chi connectivity index (χ0) is 13.5. The average Bonchev–Trinajstić information content (AvgIpc) is 2.36. The Hall–Kier alpha value is -1.71. The van der Waals surface area contributed by atoms with Gasteiger partial charge in [0.25, 0.3) is 5.91 Å². The van der Waals surface area contributed by atoms with E-state index in [-0.39, 0.29) is 5.91 Å². The molecule has 1 amide bonds. The zero-order valence-corrected chi connectivity index (χ0v) is 11.4. The Morgan fingerprint density at radius 2 is 1.94 bits per heavy atom. The topological polar surface area (TPSA) is 47.6 Å². The van der Waals surface area contributed by atoms with Gasteiger partial charge in [-0.1, -0.05) is 19.9 Å². The normalized spacial score (nSPS) is 12.1. The summed E-state index contributed by atoms with van der Waals surface area (Å²) in [6.07, 6.45) is -0.518. The summed E-state index contributed by atoms with van der Waals surface area (Å²) in [5, 5.41) is 2.84. The highest BCUT2D eigenvalue weighted by molar-refractivity contribution is 5.80. The minimum absolute atomic E-state index is 0.105. The molecule has 0 unspecified atom stereocenters. The van der Waals surface area contributed by atoms with E-state index in [2.05, 4.69) is 5.32 Å². The van der Waals surface area contributed by atoms with Crippen LogP contribution in [0, 0.1) is 5.92 Å². The lowest BCUT2D eigenvalue weighted by Crippen LogP contribution is -2.38. The van der Waals surface area contributed by atoms with Crippen molar-refractivity contribution in [2.75, 3.05) is 13.7 Å². The van der Waals surface area contributed by atoms with Gasteiger partial charge < -0.3 is 14.8 Å². The fourth-order valence-corrected chi connectivity index (χ4v) is 1.38. The van der Waals surface area contributed by atoms with Crippen LogP contribution >= 0.6 is 0 Å². The van der Waals surface area contributed by atoms with Crippen LogP contribution in [-0.4, -0.2) is 25.7 Å². The number of benzene rings is 1. The Kier molecular flexibility index (Phi) is 5.49. The van der Waals surface area contributed by atoms with E-state index in [0.29, 0.717) is 24.0 Å². The molecule has 1 aromatic carbocycles. The largest absolute Gasteiger partial charge is 0.497 e. The molecular weight excluding hydrogens is 230 g/mol. The molecule has 0 saturated heterocycles. The average molecular weight is 251 g/mol. The predicted octanol–water partition coefficient (Wildman–Crippen LogP) is 2.23. The molecule has 1 rings (SSSR count). The first-order valence-corrected chi connectivity index (χ1v) is 6.11. The Labute approximate surface area is 108 Å². The van der Waals surface area contributed by atoms with Crippen LogP contribution in [-0.2, 0) is 4.79 Å². The van der Waals surface area contributed by atoms with Gasteiger partial charge in [-0.3, -0.25) is 4.79 Å². The Bertz CT molecular complexity index is 390. The first kappa shape index (κ1) is 14.4. The van der Waals surface area contributed by atoms with Crippen LogP contribution in [0.3, 0.4) is 0 Å². The van der Waals surface area contributed by atoms with Gasteiger partial charge in [-0.25, -0.2) is 0 Å². The van der Waals surface area contributed by atoms with E-state index in [1.54, 1.807) is 26.2 Å². The van der Waals surface area contributed by atoms with E-state index in [4.69, 9.17) is 9.47 Å². The second kappa shape index (κ2) is 6.89. The zero-order valence-electron chi connectivity index (χ0n) is 11.4. The SMILES string of the molecule is COc1cccc(O[C@H](C)C(=O)NCC(C)C)c1. The maximum atomic E-state index is 11.7. The van der Waals surface area contributed by atoms with Gasteiger partial charge in [0.15, 0.2) is 6.10 Å². The molecule has 0 aliphatic carbocycles. The number of hydrogen-bond acceptors (Lipinski definition) is 3. The summed E-state index contributed by atoms with van der Waals surface area (Å²) in [4.78, 5) is 11.7. The van der Waals surface area contributed by atoms with Gasteiger partial charge in [-0.15, -0.1) is 0 Å². The van der Waals surface area contributed by atoms with Gasteiger partial charge in [-0.05, 0) is 25.0 Å². The van der Waals surface area contributed by atoms with Crippen molar-refractivity contribution in [3.63, 3.8) is 0 Å². The molecule has 0 bridgehead atoms. The number of methoxy groups -OCH3 is 1. The standard InChI is InChI=1S/C14H21NO3/c1-10(2)9-15-14(16)11(3)18-13-7-5-6-12(8-13)17-4/h5-8,10-11H,9H2,1-4H3,(H,15,16)/t11-/m1/s1. The molecule has 0 heterocycles. The Balaban J connectivity index is 2.52. The summed E-state index contributed by atoms with van der Waals surface area (Å²) in [6.45, 7) is 6.49. The van der Waals surface area contributed by atoms with E-state index in [9.17, 15) is 4.79 Å². The molecule has 0 spiro atoms. The number of carbonyl (C=O) groups is 1. The van der Waals surface area contributed by atoms with Crippen LogP contribution in [0.15, 0.2) is 24.3 Å². The van der Waals surface area contributed by atoms with Gasteiger partial charge in [-0.2, -0.15) is 0 Å². The first-order chi connectivity index (χ1) is 8.52. The molecule has 4 heteroatoms. The molecule has 0 saturated carbocycles. The van der Waals surface area contributed by atoms with Crippen LogP contribution in [0.2, 0.25) is 0 Å². The van der Waals surface area contributed by atoms with Crippen molar-refractivity contribution < 1.29 is 14.3 Å². The van der Waals surface area contributed by atoms with Crippen molar-refractivity contribution in [3.05, 3.63) is 24.3 Å². The van der Waals surface area contributed by atoms with E-state index >= 15 is 0 Å². The summed E-state index contributed by atoms with van der Waals surface area (Å²) in [5.74, 6) is 1.66. The van der Waals surface area contributed by atoms with Gasteiger partial charge in [0.1, 0.15) is 11.5 Å². The maximum absolute atomic E-state index is 11.7. The van der Waals surface area contributed by atoms with Crippen LogP contribution in [0.25, 0.3) is 0 Å². The number of hydrogen-bond donors (Lipinski definition) is 1. The molecule has 0 aliphatic heterocycles. The van der Waals surface area contributed by atoms with Crippen molar-refractivity contribution in [2.45, 2.75) is 26.9 Å². The first-order valence-electron chi connectivity index (χ1n) is 6.11. The molecule has 0 aromatic heterocycles. The molecular formula is C14H21NO3. The van der Waals surface area contributed by atoms with Crippen molar-refractivity contribution in [2.24, 2.45) is 5.92 Å². The lowest BCUT2D eigenvalue weighted by molar-refractivity contribution is -0.127. The minimum Gasteiger partial charge on any atom is -0.497 e. The number of rotatable bonds is 6. The molecule has 1 atom stereocenters. The van der Waals surface area contributed by atoms with Crippen molar-refractivity contribution >= 4 is 5.91 Å². The number of amides is 1. The summed E-state index contributed by atoms with van der Waals surface area (Å²) >= 11 is 0. The lowest BCUT2D eigenvalue weighted by Gasteiger charge is -2.16. The Morgan fingerprint density at radius 3 is 2.56 bits per heavy atom. The van der Waals surface area contributed by atoms with E-state index in [1.807, 2.05) is 26.0 Å². The van der Waals surface area contributed by atoms with Crippen molar-refractivity contribution in [1.29, 1.82) is 0 Å². The fraction of sp³-hybridized carbons (Fsp3) is 0.500. The van der Waals surface area contributed by atoms with Crippen LogP contribution in [0.1, 0.15) is 20.8 Å². The Morgan fingerprint density at radius 1 is 1.28 bits per heavy atom. The van der Waals surface area contributed by atoms with Gasteiger partial charge in [0.2, 0.25) is 0 Å². The monoisotopic (exact) mass is 251 g/mol. The maximum Gasteiger partial charge on any atom is 0.260 e. The van der Waals surface area contributed by atoms with E-state index in [1.165, 1.54) is 0 Å². The highest BCUT2D eigenvalue weighted by Gasteiger charge is 2.14. The summed E-state index contributed by atoms with van der Waals surface area (Å²) in [5.41, 5.74) is 0. The molecule has 4 nitrogen and oxygen atoms in total. The van der Waals surface area contributed by atoms with Gasteiger partial charge >= 0.3 is 0 Å². The molecule has 0 radical (unpaired) electrons. The highest BCUT2D eigenvalue weighted by Crippen LogP contribution is 2.19.